The first-order valence-corrected chi connectivity index (χ1v) is 9.85. The Morgan fingerprint density at radius 1 is 1.14 bits per heavy atom. The van der Waals surface area contributed by atoms with Crippen LogP contribution in [0.4, 0.5) is 5.69 Å². The molecule has 0 aliphatic carbocycles. The van der Waals surface area contributed by atoms with Crippen molar-refractivity contribution in [1.82, 2.24) is 9.55 Å². The molecule has 0 aliphatic heterocycles. The third kappa shape index (κ3) is 5.01. The minimum Gasteiger partial charge on any atom is -0.494 e. The van der Waals surface area contributed by atoms with E-state index in [1.807, 2.05) is 38.1 Å². The van der Waals surface area contributed by atoms with E-state index in [1.54, 1.807) is 36.7 Å². The number of nitrogens with zero attached hydrogens (tertiary/aromatic N) is 2. The number of nitrogens with one attached hydrogen (secondary N) is 1. The summed E-state index contributed by atoms with van der Waals surface area (Å²) in [4.78, 5) is 29.0. The van der Waals surface area contributed by atoms with Crippen LogP contribution in [-0.4, -0.2) is 27.8 Å². The SMILES string of the molecule is CCOc1ccc(NC(=O)CSc2nccn(-c3ccc(C)cc3)c2=O)cc1. The second-order valence-electron chi connectivity index (χ2n) is 6.04. The van der Waals surface area contributed by atoms with E-state index < -0.39 is 0 Å². The lowest BCUT2D eigenvalue weighted by atomic mass is 10.2. The molecule has 0 unspecified atom stereocenters. The molecule has 3 aromatic rings. The quantitative estimate of drug-likeness (QED) is 0.618. The van der Waals surface area contributed by atoms with Crippen molar-refractivity contribution in [2.45, 2.75) is 18.9 Å². The van der Waals surface area contributed by atoms with Gasteiger partial charge in [-0.15, -0.1) is 0 Å². The molecule has 3 rings (SSSR count). The van der Waals surface area contributed by atoms with Gasteiger partial charge in [0.1, 0.15) is 5.75 Å². The van der Waals surface area contributed by atoms with E-state index in [-0.39, 0.29) is 22.2 Å². The molecule has 1 N–H and O–H groups in total. The maximum Gasteiger partial charge on any atom is 0.287 e. The lowest BCUT2D eigenvalue weighted by Crippen LogP contribution is -2.22. The molecule has 144 valence electrons. The van der Waals surface area contributed by atoms with Crippen molar-refractivity contribution >= 4 is 23.4 Å². The Kier molecular flexibility index (Phi) is 6.49. The molecule has 1 aromatic heterocycles. The predicted molar refractivity (Wildman–Crippen MR) is 112 cm³/mol. The van der Waals surface area contributed by atoms with Gasteiger partial charge in [0, 0.05) is 23.8 Å². The summed E-state index contributed by atoms with van der Waals surface area (Å²) >= 11 is 1.12. The van der Waals surface area contributed by atoms with Crippen LogP contribution < -0.4 is 15.6 Å². The zero-order chi connectivity index (χ0) is 19.9. The molecule has 0 spiro atoms. The lowest BCUT2D eigenvalue weighted by Gasteiger charge is -2.08. The van der Waals surface area contributed by atoms with Crippen LogP contribution >= 0.6 is 11.8 Å². The molecule has 2 aromatic carbocycles. The normalized spacial score (nSPS) is 10.5. The Hall–Kier alpha value is -3.06. The molecule has 1 amide bonds. The summed E-state index contributed by atoms with van der Waals surface area (Å²) in [6.45, 7) is 4.49. The van der Waals surface area contributed by atoms with Crippen LogP contribution in [0.15, 0.2) is 70.7 Å². The third-order valence-corrected chi connectivity index (χ3v) is 4.87. The van der Waals surface area contributed by atoms with Crippen molar-refractivity contribution < 1.29 is 9.53 Å². The number of ether oxygens (including phenoxy) is 1. The molecule has 0 saturated carbocycles. The summed E-state index contributed by atoms with van der Waals surface area (Å²) in [7, 11) is 0. The van der Waals surface area contributed by atoms with Gasteiger partial charge in [0.2, 0.25) is 5.91 Å². The Morgan fingerprint density at radius 3 is 2.54 bits per heavy atom. The van der Waals surface area contributed by atoms with Crippen molar-refractivity contribution in [3.8, 4) is 11.4 Å². The van der Waals surface area contributed by atoms with Crippen LogP contribution in [0.25, 0.3) is 5.69 Å². The number of benzene rings is 2. The van der Waals surface area contributed by atoms with Gasteiger partial charge < -0.3 is 10.1 Å². The molecular weight excluding hydrogens is 374 g/mol. The van der Waals surface area contributed by atoms with Crippen molar-refractivity contribution in [3.05, 3.63) is 76.8 Å². The highest BCUT2D eigenvalue weighted by atomic mass is 32.2. The standard InChI is InChI=1S/C21H21N3O3S/c1-3-27-18-10-6-16(7-11-18)23-19(25)14-28-20-21(26)24(13-12-22-20)17-8-4-15(2)5-9-17/h4-13H,3,14H2,1-2H3,(H,23,25). The van der Waals surface area contributed by atoms with Gasteiger partial charge >= 0.3 is 0 Å². The van der Waals surface area contributed by atoms with Crippen LogP contribution in [0.5, 0.6) is 5.75 Å². The monoisotopic (exact) mass is 395 g/mol. The van der Waals surface area contributed by atoms with Gasteiger partial charge in [-0.05, 0) is 50.2 Å². The fourth-order valence-corrected chi connectivity index (χ4v) is 3.23. The fourth-order valence-electron chi connectivity index (χ4n) is 2.53. The lowest BCUT2D eigenvalue weighted by molar-refractivity contribution is -0.113. The van der Waals surface area contributed by atoms with Crippen molar-refractivity contribution in [1.29, 1.82) is 0 Å². The van der Waals surface area contributed by atoms with Crippen LogP contribution in [0.2, 0.25) is 0 Å². The minimum absolute atomic E-state index is 0.0906. The molecular formula is C21H21N3O3S. The molecule has 0 atom stereocenters. The first-order valence-electron chi connectivity index (χ1n) is 8.87. The number of hydrogen-bond acceptors (Lipinski definition) is 5. The van der Waals surface area contributed by atoms with Crippen LogP contribution in [0, 0.1) is 6.92 Å². The van der Waals surface area contributed by atoms with Gasteiger partial charge in [-0.2, -0.15) is 0 Å². The summed E-state index contributed by atoms with van der Waals surface area (Å²) in [6.07, 6.45) is 3.19. The topological polar surface area (TPSA) is 73.2 Å². The minimum atomic E-state index is -0.245. The molecule has 28 heavy (non-hydrogen) atoms. The summed E-state index contributed by atoms with van der Waals surface area (Å²) < 4.78 is 6.90. The Balaban J connectivity index is 1.64. The highest BCUT2D eigenvalue weighted by Gasteiger charge is 2.10. The number of anilines is 1. The Bertz CT molecular complexity index is 999. The summed E-state index contributed by atoms with van der Waals surface area (Å²) in [6, 6.07) is 14.8. The van der Waals surface area contributed by atoms with E-state index in [0.717, 1.165) is 28.8 Å². The second kappa shape index (κ2) is 9.23. The number of hydrogen-bond donors (Lipinski definition) is 1. The van der Waals surface area contributed by atoms with Gasteiger partial charge in [-0.25, -0.2) is 4.98 Å². The highest BCUT2D eigenvalue weighted by Crippen LogP contribution is 2.17. The van der Waals surface area contributed by atoms with E-state index in [9.17, 15) is 9.59 Å². The van der Waals surface area contributed by atoms with Gasteiger partial charge in [0.05, 0.1) is 12.4 Å². The van der Waals surface area contributed by atoms with Gasteiger partial charge in [0.15, 0.2) is 5.03 Å². The molecule has 7 heteroatoms. The average Bonchev–Trinajstić information content (AvgIpc) is 2.70. The molecule has 0 saturated heterocycles. The van der Waals surface area contributed by atoms with Crippen LogP contribution in [0.1, 0.15) is 12.5 Å². The second-order valence-corrected chi connectivity index (χ2v) is 7.00. The van der Waals surface area contributed by atoms with E-state index in [4.69, 9.17) is 4.74 Å². The number of amides is 1. The van der Waals surface area contributed by atoms with Crippen molar-refractivity contribution in [2.75, 3.05) is 17.7 Å². The maximum absolute atomic E-state index is 12.7. The summed E-state index contributed by atoms with van der Waals surface area (Å²) in [5.74, 6) is 0.633. The highest BCUT2D eigenvalue weighted by molar-refractivity contribution is 7.99. The smallest absolute Gasteiger partial charge is 0.287 e. The number of rotatable bonds is 7. The van der Waals surface area contributed by atoms with Gasteiger partial charge in [-0.1, -0.05) is 29.5 Å². The molecule has 0 aliphatic rings. The molecule has 0 bridgehead atoms. The number of thioether (sulfide) groups is 1. The van der Waals surface area contributed by atoms with Gasteiger partial charge in [-0.3, -0.25) is 14.2 Å². The first kappa shape index (κ1) is 19.7. The Morgan fingerprint density at radius 2 is 1.86 bits per heavy atom. The summed E-state index contributed by atoms with van der Waals surface area (Å²) in [5.41, 5.74) is 2.31. The first-order chi connectivity index (χ1) is 13.6. The zero-order valence-electron chi connectivity index (χ0n) is 15.7. The largest absolute Gasteiger partial charge is 0.494 e. The fraction of sp³-hybridized carbons (Fsp3) is 0.190. The molecule has 0 radical (unpaired) electrons. The van der Waals surface area contributed by atoms with Crippen LogP contribution in [-0.2, 0) is 4.79 Å². The number of aromatic nitrogens is 2. The number of carbonyl (C=O) groups excluding carboxylic acids is 1. The average molecular weight is 395 g/mol. The zero-order valence-corrected chi connectivity index (χ0v) is 16.5. The van der Waals surface area contributed by atoms with Crippen LogP contribution in [0.3, 0.4) is 0 Å². The number of carbonyl (C=O) groups is 1. The van der Waals surface area contributed by atoms with Crippen molar-refractivity contribution in [3.63, 3.8) is 0 Å². The molecule has 0 fully saturated rings. The van der Waals surface area contributed by atoms with E-state index in [2.05, 4.69) is 10.3 Å². The molecule has 1 heterocycles. The predicted octanol–water partition coefficient (Wildman–Crippen LogP) is 3.67. The maximum atomic E-state index is 12.7. The van der Waals surface area contributed by atoms with E-state index in [0.29, 0.717) is 12.3 Å². The number of aryl methyl sites for hydroxylation is 1. The third-order valence-electron chi connectivity index (χ3n) is 3.91. The molecule has 6 nitrogen and oxygen atoms in total. The summed E-state index contributed by atoms with van der Waals surface area (Å²) in [5, 5.41) is 3.08. The van der Waals surface area contributed by atoms with Crippen molar-refractivity contribution in [2.24, 2.45) is 0 Å². The van der Waals surface area contributed by atoms with Gasteiger partial charge in [0.25, 0.3) is 5.56 Å². The Labute approximate surface area is 167 Å². The van der Waals surface area contributed by atoms with E-state index in [1.165, 1.54) is 4.57 Å². The van der Waals surface area contributed by atoms with E-state index >= 15 is 0 Å².